The van der Waals surface area contributed by atoms with E-state index in [4.69, 9.17) is 0 Å². The molecule has 0 spiro atoms. The summed E-state index contributed by atoms with van der Waals surface area (Å²) in [5.74, 6) is -1.21. The Morgan fingerprint density at radius 1 is 0.935 bits per heavy atom. The molecule has 0 aliphatic rings. The Bertz CT molecular complexity index is 1300. The van der Waals surface area contributed by atoms with Crippen molar-refractivity contribution in [3.8, 4) is 0 Å². The van der Waals surface area contributed by atoms with Crippen LogP contribution in [0.2, 0.25) is 0 Å². The highest BCUT2D eigenvalue weighted by molar-refractivity contribution is 7.91. The summed E-state index contributed by atoms with van der Waals surface area (Å²) in [7, 11) is -3.63. The third kappa shape index (κ3) is 5.37. The molecule has 1 aromatic heterocycles. The summed E-state index contributed by atoms with van der Waals surface area (Å²) in [6.45, 7) is 2.27. The lowest BCUT2D eigenvalue weighted by atomic mass is 10.2. The van der Waals surface area contributed by atoms with Gasteiger partial charge < -0.3 is 0 Å². The van der Waals surface area contributed by atoms with Crippen molar-refractivity contribution in [1.29, 1.82) is 0 Å². The standard InChI is InChI=1S/C24H22N2O3S2/c1-18-12-13-21-22(14-18)30-24(25-21)26(15-19-8-4-2-5-9-19)23(27)17-31(28,29)16-20-10-6-3-7-11-20/h2-14H,15-17H2,1H3. The molecule has 0 unspecified atom stereocenters. The van der Waals surface area contributed by atoms with E-state index >= 15 is 0 Å². The average Bonchev–Trinajstić information content (AvgIpc) is 3.15. The molecule has 0 aliphatic carbocycles. The number of aryl methyl sites for hydroxylation is 1. The first kappa shape index (κ1) is 21.2. The number of sulfone groups is 1. The Balaban J connectivity index is 1.63. The van der Waals surface area contributed by atoms with E-state index < -0.39 is 21.5 Å². The van der Waals surface area contributed by atoms with Crippen molar-refractivity contribution < 1.29 is 13.2 Å². The maximum absolute atomic E-state index is 13.2. The summed E-state index contributed by atoms with van der Waals surface area (Å²) in [5, 5.41) is 0.504. The van der Waals surface area contributed by atoms with Gasteiger partial charge in [-0.3, -0.25) is 9.69 Å². The van der Waals surface area contributed by atoms with Gasteiger partial charge in [0.2, 0.25) is 5.91 Å². The molecule has 5 nitrogen and oxygen atoms in total. The zero-order valence-corrected chi connectivity index (χ0v) is 18.7. The van der Waals surface area contributed by atoms with Crippen LogP contribution in [0.5, 0.6) is 0 Å². The fourth-order valence-electron chi connectivity index (χ4n) is 3.31. The third-order valence-corrected chi connectivity index (χ3v) is 7.32. The van der Waals surface area contributed by atoms with Gasteiger partial charge in [-0.1, -0.05) is 78.1 Å². The number of rotatable bonds is 7. The predicted molar refractivity (Wildman–Crippen MR) is 126 cm³/mol. The second kappa shape index (κ2) is 8.99. The summed E-state index contributed by atoms with van der Waals surface area (Å²) in [4.78, 5) is 19.3. The number of aromatic nitrogens is 1. The van der Waals surface area contributed by atoms with E-state index in [0.717, 1.165) is 21.3 Å². The smallest absolute Gasteiger partial charge is 0.244 e. The molecule has 7 heteroatoms. The van der Waals surface area contributed by atoms with Crippen molar-refractivity contribution in [3.05, 3.63) is 95.6 Å². The topological polar surface area (TPSA) is 67.3 Å². The molecule has 0 radical (unpaired) electrons. The van der Waals surface area contributed by atoms with Gasteiger partial charge in [0.25, 0.3) is 0 Å². The van der Waals surface area contributed by atoms with Crippen LogP contribution in [0, 0.1) is 6.92 Å². The van der Waals surface area contributed by atoms with Crippen molar-refractivity contribution in [1.82, 2.24) is 4.98 Å². The Hall–Kier alpha value is -3.03. The fraction of sp³-hybridized carbons (Fsp3) is 0.167. The van der Waals surface area contributed by atoms with E-state index in [2.05, 4.69) is 4.98 Å². The van der Waals surface area contributed by atoms with Crippen LogP contribution in [0.1, 0.15) is 16.7 Å². The summed E-state index contributed by atoms with van der Waals surface area (Å²) >= 11 is 1.40. The fourth-order valence-corrected chi connectivity index (χ4v) is 5.72. The average molecular weight is 451 g/mol. The van der Waals surface area contributed by atoms with Gasteiger partial charge in [-0.15, -0.1) is 0 Å². The molecule has 31 heavy (non-hydrogen) atoms. The number of hydrogen-bond acceptors (Lipinski definition) is 5. The highest BCUT2D eigenvalue weighted by Crippen LogP contribution is 2.31. The van der Waals surface area contributed by atoms with Crippen LogP contribution >= 0.6 is 11.3 Å². The van der Waals surface area contributed by atoms with Crippen molar-refractivity contribution >= 4 is 42.4 Å². The van der Waals surface area contributed by atoms with Crippen molar-refractivity contribution in [2.45, 2.75) is 19.2 Å². The molecule has 1 amide bonds. The van der Waals surface area contributed by atoms with E-state index in [-0.39, 0.29) is 12.3 Å². The lowest BCUT2D eigenvalue weighted by molar-refractivity contribution is -0.116. The summed E-state index contributed by atoms with van der Waals surface area (Å²) in [6.07, 6.45) is 0. The van der Waals surface area contributed by atoms with Crippen LogP contribution in [0.15, 0.2) is 78.9 Å². The molecule has 0 atom stereocenters. The molecule has 4 aromatic rings. The van der Waals surface area contributed by atoms with Gasteiger partial charge in [0.1, 0.15) is 5.75 Å². The Kier molecular flexibility index (Phi) is 6.15. The van der Waals surface area contributed by atoms with Crippen LogP contribution in [-0.2, 0) is 26.9 Å². The van der Waals surface area contributed by atoms with Crippen LogP contribution in [0.4, 0.5) is 5.13 Å². The number of nitrogens with zero attached hydrogens (tertiary/aromatic N) is 2. The minimum Gasteiger partial charge on any atom is -0.283 e. The van der Waals surface area contributed by atoms with Gasteiger partial charge in [-0.2, -0.15) is 0 Å². The second-order valence-electron chi connectivity index (χ2n) is 7.45. The molecule has 158 valence electrons. The number of carbonyl (C=O) groups is 1. The normalized spacial score (nSPS) is 11.5. The lowest BCUT2D eigenvalue weighted by Gasteiger charge is -2.20. The summed E-state index contributed by atoms with van der Waals surface area (Å²) < 4.78 is 26.5. The molecule has 0 bridgehead atoms. The van der Waals surface area contributed by atoms with Gasteiger partial charge in [0, 0.05) is 0 Å². The minimum absolute atomic E-state index is 0.169. The zero-order chi connectivity index (χ0) is 21.8. The van der Waals surface area contributed by atoms with E-state index in [0.29, 0.717) is 10.7 Å². The quantitative estimate of drug-likeness (QED) is 0.407. The predicted octanol–water partition coefficient (Wildman–Crippen LogP) is 4.75. The van der Waals surface area contributed by atoms with Crippen LogP contribution < -0.4 is 4.90 Å². The van der Waals surface area contributed by atoms with E-state index in [9.17, 15) is 13.2 Å². The number of carbonyl (C=O) groups excluding carboxylic acids is 1. The number of amides is 1. The second-order valence-corrected chi connectivity index (χ2v) is 10.5. The van der Waals surface area contributed by atoms with Crippen LogP contribution in [0.3, 0.4) is 0 Å². The van der Waals surface area contributed by atoms with Gasteiger partial charge in [-0.25, -0.2) is 13.4 Å². The molecule has 0 saturated carbocycles. The first-order valence-corrected chi connectivity index (χ1v) is 12.5. The molecule has 0 N–H and O–H groups in total. The molecule has 0 fully saturated rings. The third-order valence-electron chi connectivity index (χ3n) is 4.82. The molecule has 3 aromatic carbocycles. The first-order chi connectivity index (χ1) is 14.9. The maximum Gasteiger partial charge on any atom is 0.244 e. The summed E-state index contributed by atoms with van der Waals surface area (Å²) in [5.41, 5.74) is 3.48. The highest BCUT2D eigenvalue weighted by Gasteiger charge is 2.26. The maximum atomic E-state index is 13.2. The van der Waals surface area contributed by atoms with Crippen LogP contribution in [-0.4, -0.2) is 25.1 Å². The zero-order valence-electron chi connectivity index (χ0n) is 17.1. The molecule has 4 rings (SSSR count). The van der Waals surface area contributed by atoms with Gasteiger partial charge >= 0.3 is 0 Å². The SMILES string of the molecule is Cc1ccc2nc(N(Cc3ccccc3)C(=O)CS(=O)(=O)Cc3ccccc3)sc2c1. The van der Waals surface area contributed by atoms with E-state index in [1.165, 1.54) is 16.2 Å². The molecular weight excluding hydrogens is 428 g/mol. The highest BCUT2D eigenvalue weighted by atomic mass is 32.2. The Morgan fingerprint density at radius 3 is 2.26 bits per heavy atom. The van der Waals surface area contributed by atoms with Gasteiger partial charge in [-0.05, 0) is 35.7 Å². The number of fused-ring (bicyclic) bond motifs is 1. The first-order valence-electron chi connectivity index (χ1n) is 9.85. The summed E-state index contributed by atoms with van der Waals surface area (Å²) in [6, 6.07) is 24.3. The lowest BCUT2D eigenvalue weighted by Crippen LogP contribution is -2.35. The van der Waals surface area contributed by atoms with Crippen molar-refractivity contribution in [2.24, 2.45) is 0 Å². The number of anilines is 1. The number of benzene rings is 3. The van der Waals surface area contributed by atoms with Crippen molar-refractivity contribution in [3.63, 3.8) is 0 Å². The minimum atomic E-state index is -3.63. The van der Waals surface area contributed by atoms with E-state index in [1.807, 2.05) is 61.5 Å². The van der Waals surface area contributed by atoms with Crippen LogP contribution in [0.25, 0.3) is 10.2 Å². The molecular formula is C24H22N2O3S2. The monoisotopic (exact) mass is 450 g/mol. The molecule has 0 saturated heterocycles. The molecule has 1 heterocycles. The Morgan fingerprint density at radius 2 is 1.58 bits per heavy atom. The van der Waals surface area contributed by atoms with Gasteiger partial charge in [0.05, 0.1) is 22.5 Å². The van der Waals surface area contributed by atoms with Crippen molar-refractivity contribution in [2.75, 3.05) is 10.7 Å². The Labute approximate surface area is 185 Å². The van der Waals surface area contributed by atoms with E-state index in [1.54, 1.807) is 24.3 Å². The molecule has 0 aliphatic heterocycles. The number of hydrogen-bond donors (Lipinski definition) is 0. The van der Waals surface area contributed by atoms with Gasteiger partial charge in [0.15, 0.2) is 15.0 Å². The number of thiazole rings is 1. The largest absolute Gasteiger partial charge is 0.283 e.